The lowest BCUT2D eigenvalue weighted by molar-refractivity contribution is 0.0485. The Morgan fingerprint density at radius 2 is 2.00 bits per heavy atom. The molecule has 0 amide bonds. The highest BCUT2D eigenvalue weighted by Crippen LogP contribution is 2.53. The number of hydrogen-bond acceptors (Lipinski definition) is 4. The molecule has 0 N–H and O–H groups in total. The van der Waals surface area contributed by atoms with Crippen LogP contribution in [-0.2, 0) is 16.6 Å². The lowest BCUT2D eigenvalue weighted by atomic mass is 9.96. The predicted molar refractivity (Wildman–Crippen MR) is 78.3 cm³/mol. The van der Waals surface area contributed by atoms with Crippen molar-refractivity contribution in [3.63, 3.8) is 0 Å². The van der Waals surface area contributed by atoms with E-state index in [1.165, 1.54) is 5.56 Å². The summed E-state index contributed by atoms with van der Waals surface area (Å²) in [5.41, 5.74) is 1.73. The second-order valence-electron chi connectivity index (χ2n) is 5.32. The zero-order valence-corrected chi connectivity index (χ0v) is 12.4. The summed E-state index contributed by atoms with van der Waals surface area (Å²) in [6.45, 7) is 4.08. The SMILES string of the molecule is CCOC(=O)c1oc(C2(c3ccccc3)CC2)nc1CC. The molecule has 4 nitrogen and oxygen atoms in total. The summed E-state index contributed by atoms with van der Waals surface area (Å²) in [6, 6.07) is 10.2. The summed E-state index contributed by atoms with van der Waals surface area (Å²) in [4.78, 5) is 16.5. The molecule has 21 heavy (non-hydrogen) atoms. The van der Waals surface area contributed by atoms with Gasteiger partial charge in [-0.15, -0.1) is 0 Å². The van der Waals surface area contributed by atoms with Gasteiger partial charge < -0.3 is 9.15 Å². The van der Waals surface area contributed by atoms with Crippen molar-refractivity contribution in [1.29, 1.82) is 0 Å². The Labute approximate surface area is 124 Å². The van der Waals surface area contributed by atoms with Gasteiger partial charge in [0, 0.05) is 0 Å². The molecule has 1 heterocycles. The Balaban J connectivity index is 1.99. The summed E-state index contributed by atoms with van der Waals surface area (Å²) in [7, 11) is 0. The molecular weight excluding hydrogens is 266 g/mol. The maximum Gasteiger partial charge on any atom is 0.376 e. The van der Waals surface area contributed by atoms with E-state index in [4.69, 9.17) is 9.15 Å². The maximum absolute atomic E-state index is 12.0. The van der Waals surface area contributed by atoms with Crippen LogP contribution in [0.25, 0.3) is 0 Å². The minimum absolute atomic E-state index is 0.157. The first-order valence-corrected chi connectivity index (χ1v) is 7.44. The number of hydrogen-bond donors (Lipinski definition) is 0. The molecule has 1 aliphatic rings. The maximum atomic E-state index is 12.0. The van der Waals surface area contributed by atoms with Gasteiger partial charge in [-0.3, -0.25) is 0 Å². The first-order chi connectivity index (χ1) is 10.2. The third-order valence-electron chi connectivity index (χ3n) is 3.98. The van der Waals surface area contributed by atoms with Gasteiger partial charge in [0.25, 0.3) is 0 Å². The van der Waals surface area contributed by atoms with Crippen molar-refractivity contribution in [3.05, 3.63) is 53.2 Å². The normalized spacial score (nSPS) is 15.7. The summed E-state index contributed by atoms with van der Waals surface area (Å²) in [6.07, 6.45) is 2.66. The molecule has 1 fully saturated rings. The van der Waals surface area contributed by atoms with Crippen LogP contribution in [0.5, 0.6) is 0 Å². The van der Waals surface area contributed by atoms with Gasteiger partial charge in [-0.25, -0.2) is 9.78 Å². The second kappa shape index (κ2) is 5.35. The Bertz CT molecular complexity index is 641. The van der Waals surface area contributed by atoms with Crippen molar-refractivity contribution in [2.24, 2.45) is 0 Å². The quantitative estimate of drug-likeness (QED) is 0.789. The number of esters is 1. The Morgan fingerprint density at radius 3 is 2.57 bits per heavy atom. The number of aromatic nitrogens is 1. The van der Waals surface area contributed by atoms with Crippen molar-refractivity contribution in [1.82, 2.24) is 4.98 Å². The molecule has 2 aromatic rings. The van der Waals surface area contributed by atoms with Gasteiger partial charge in [0.15, 0.2) is 0 Å². The molecule has 3 rings (SSSR count). The van der Waals surface area contributed by atoms with Crippen LogP contribution in [0.1, 0.15) is 54.4 Å². The molecule has 1 aromatic heterocycles. The Hall–Kier alpha value is -2.10. The first-order valence-electron chi connectivity index (χ1n) is 7.44. The number of rotatable bonds is 5. The molecular formula is C17H19NO3. The smallest absolute Gasteiger partial charge is 0.376 e. The molecule has 0 saturated heterocycles. The van der Waals surface area contributed by atoms with Crippen molar-refractivity contribution >= 4 is 5.97 Å². The molecule has 0 spiro atoms. The number of carbonyl (C=O) groups excluding carboxylic acids is 1. The predicted octanol–water partition coefficient (Wildman–Crippen LogP) is 3.49. The van der Waals surface area contributed by atoms with E-state index in [9.17, 15) is 4.79 Å². The van der Waals surface area contributed by atoms with E-state index in [-0.39, 0.29) is 11.2 Å². The largest absolute Gasteiger partial charge is 0.460 e. The fraction of sp³-hybridized carbons (Fsp3) is 0.412. The highest BCUT2D eigenvalue weighted by atomic mass is 16.5. The van der Waals surface area contributed by atoms with Crippen LogP contribution in [0.2, 0.25) is 0 Å². The molecule has 4 heteroatoms. The van der Waals surface area contributed by atoms with Crippen LogP contribution in [-0.4, -0.2) is 17.6 Å². The van der Waals surface area contributed by atoms with Crippen LogP contribution in [0.3, 0.4) is 0 Å². The second-order valence-corrected chi connectivity index (χ2v) is 5.32. The van der Waals surface area contributed by atoms with Crippen LogP contribution < -0.4 is 0 Å². The van der Waals surface area contributed by atoms with Gasteiger partial charge in [0.05, 0.1) is 17.7 Å². The van der Waals surface area contributed by atoms with Gasteiger partial charge in [-0.1, -0.05) is 37.3 Å². The summed E-state index contributed by atoms with van der Waals surface area (Å²) in [5.74, 6) is 0.488. The van der Waals surface area contributed by atoms with E-state index in [1.807, 2.05) is 25.1 Å². The van der Waals surface area contributed by atoms with Crippen LogP contribution in [0.4, 0.5) is 0 Å². The lowest BCUT2D eigenvalue weighted by Crippen LogP contribution is -2.09. The van der Waals surface area contributed by atoms with E-state index in [1.54, 1.807) is 6.92 Å². The van der Waals surface area contributed by atoms with Gasteiger partial charge in [0.1, 0.15) is 0 Å². The zero-order valence-electron chi connectivity index (χ0n) is 12.4. The summed E-state index contributed by atoms with van der Waals surface area (Å²) in [5, 5.41) is 0. The highest BCUT2D eigenvalue weighted by Gasteiger charge is 2.50. The van der Waals surface area contributed by atoms with Crippen molar-refractivity contribution in [2.75, 3.05) is 6.61 Å². The Kier molecular flexibility index (Phi) is 3.53. The number of benzene rings is 1. The number of oxazole rings is 1. The number of aryl methyl sites for hydroxylation is 1. The molecule has 1 saturated carbocycles. The average molecular weight is 285 g/mol. The first kappa shape index (κ1) is 13.9. The minimum atomic E-state index is -0.419. The average Bonchev–Trinajstić information content (AvgIpc) is 3.21. The minimum Gasteiger partial charge on any atom is -0.460 e. The third-order valence-corrected chi connectivity index (χ3v) is 3.98. The van der Waals surface area contributed by atoms with Crippen molar-refractivity contribution < 1.29 is 13.9 Å². The van der Waals surface area contributed by atoms with Crippen LogP contribution in [0, 0.1) is 0 Å². The standard InChI is InChI=1S/C17H19NO3/c1-3-13-14(15(19)20-4-2)21-16(18-13)17(10-11-17)12-8-6-5-7-9-12/h5-9H,3-4,10-11H2,1-2H3. The molecule has 0 aliphatic heterocycles. The molecule has 0 atom stereocenters. The molecule has 0 bridgehead atoms. The molecule has 1 aliphatic carbocycles. The summed E-state index contributed by atoms with van der Waals surface area (Å²) >= 11 is 0. The van der Waals surface area contributed by atoms with Gasteiger partial charge in [-0.05, 0) is 31.7 Å². The fourth-order valence-corrected chi connectivity index (χ4v) is 2.66. The zero-order chi connectivity index (χ0) is 14.9. The van der Waals surface area contributed by atoms with E-state index in [2.05, 4.69) is 17.1 Å². The number of nitrogens with zero attached hydrogens (tertiary/aromatic N) is 1. The number of ether oxygens (including phenoxy) is 1. The monoisotopic (exact) mass is 285 g/mol. The Morgan fingerprint density at radius 1 is 1.29 bits per heavy atom. The van der Waals surface area contributed by atoms with Crippen molar-refractivity contribution in [3.8, 4) is 0 Å². The van der Waals surface area contributed by atoms with Gasteiger partial charge in [-0.2, -0.15) is 0 Å². The molecule has 110 valence electrons. The highest BCUT2D eigenvalue weighted by molar-refractivity contribution is 5.87. The van der Waals surface area contributed by atoms with Gasteiger partial charge >= 0.3 is 5.97 Å². The van der Waals surface area contributed by atoms with Crippen LogP contribution in [0.15, 0.2) is 34.7 Å². The lowest BCUT2D eigenvalue weighted by Gasteiger charge is -2.10. The van der Waals surface area contributed by atoms with E-state index in [0.29, 0.717) is 24.6 Å². The molecule has 0 unspecified atom stereocenters. The number of carbonyl (C=O) groups is 1. The van der Waals surface area contributed by atoms with E-state index < -0.39 is 5.97 Å². The van der Waals surface area contributed by atoms with E-state index in [0.717, 1.165) is 12.8 Å². The van der Waals surface area contributed by atoms with Gasteiger partial charge in [0.2, 0.25) is 11.7 Å². The third kappa shape index (κ3) is 2.35. The van der Waals surface area contributed by atoms with E-state index >= 15 is 0 Å². The topological polar surface area (TPSA) is 52.3 Å². The molecule has 0 radical (unpaired) electrons. The van der Waals surface area contributed by atoms with Crippen LogP contribution >= 0.6 is 0 Å². The fourth-order valence-electron chi connectivity index (χ4n) is 2.66. The molecule has 1 aromatic carbocycles. The van der Waals surface area contributed by atoms with Crippen molar-refractivity contribution in [2.45, 2.75) is 38.5 Å². The summed E-state index contributed by atoms with van der Waals surface area (Å²) < 4.78 is 10.9.